The molecule has 0 saturated carbocycles. The topological polar surface area (TPSA) is 58.3 Å². The van der Waals surface area contributed by atoms with Crippen molar-refractivity contribution in [2.75, 3.05) is 31.1 Å². The van der Waals surface area contributed by atoms with Crippen LogP contribution in [0.15, 0.2) is 77.3 Å². The minimum atomic E-state index is -0.287. The third kappa shape index (κ3) is 4.22. The second-order valence-corrected chi connectivity index (χ2v) is 8.00. The van der Waals surface area contributed by atoms with E-state index in [1.54, 1.807) is 24.4 Å². The van der Waals surface area contributed by atoms with Gasteiger partial charge in [-0.15, -0.1) is 10.2 Å². The van der Waals surface area contributed by atoms with Gasteiger partial charge in [-0.2, -0.15) is 0 Å². The number of halogens is 2. The summed E-state index contributed by atoms with van der Waals surface area (Å²) < 4.78 is 19.7. The van der Waals surface area contributed by atoms with Crippen LogP contribution >= 0.6 is 11.6 Å². The van der Waals surface area contributed by atoms with E-state index in [9.17, 15) is 4.39 Å². The zero-order valence-corrected chi connectivity index (χ0v) is 18.0. The molecule has 0 radical (unpaired) electrons. The first-order valence-corrected chi connectivity index (χ1v) is 10.8. The van der Waals surface area contributed by atoms with Gasteiger partial charge >= 0.3 is 0 Å². The van der Waals surface area contributed by atoms with Crippen LogP contribution in [0.1, 0.15) is 17.5 Å². The molecule has 4 aromatic rings. The van der Waals surface area contributed by atoms with Crippen molar-refractivity contribution in [3.05, 3.63) is 95.2 Å². The Labute approximate surface area is 190 Å². The molecule has 0 amide bonds. The molecular formula is C24H21ClFN5O. The van der Waals surface area contributed by atoms with Crippen molar-refractivity contribution in [3.63, 3.8) is 0 Å². The van der Waals surface area contributed by atoms with Crippen molar-refractivity contribution < 1.29 is 8.81 Å². The van der Waals surface area contributed by atoms with E-state index in [1.807, 2.05) is 36.4 Å². The Morgan fingerprint density at radius 2 is 1.62 bits per heavy atom. The molecule has 8 heteroatoms. The Bertz CT molecular complexity index is 1180. The van der Waals surface area contributed by atoms with Gasteiger partial charge in [0.15, 0.2) is 0 Å². The lowest BCUT2D eigenvalue weighted by Crippen LogP contribution is -2.48. The van der Waals surface area contributed by atoms with Gasteiger partial charge in [-0.25, -0.2) is 9.37 Å². The van der Waals surface area contributed by atoms with E-state index in [0.29, 0.717) is 22.4 Å². The van der Waals surface area contributed by atoms with E-state index >= 15 is 0 Å². The van der Waals surface area contributed by atoms with Gasteiger partial charge in [0.2, 0.25) is 11.8 Å². The SMILES string of the molecule is Fc1ccc([C@@H](c2nnc(-c3ccccc3Cl)o2)N2CCN(c3ccccn3)CC2)cc1. The van der Waals surface area contributed by atoms with Crippen LogP contribution in [-0.2, 0) is 0 Å². The highest BCUT2D eigenvalue weighted by atomic mass is 35.5. The minimum Gasteiger partial charge on any atom is -0.419 e. The molecule has 32 heavy (non-hydrogen) atoms. The van der Waals surface area contributed by atoms with E-state index in [-0.39, 0.29) is 11.9 Å². The zero-order chi connectivity index (χ0) is 21.9. The first-order chi connectivity index (χ1) is 15.7. The number of nitrogens with zero attached hydrogens (tertiary/aromatic N) is 5. The molecule has 6 nitrogen and oxygen atoms in total. The van der Waals surface area contributed by atoms with Gasteiger partial charge in [0.05, 0.1) is 10.6 Å². The molecule has 1 aliphatic rings. The van der Waals surface area contributed by atoms with Crippen LogP contribution in [0.3, 0.4) is 0 Å². The maximum atomic E-state index is 13.6. The summed E-state index contributed by atoms with van der Waals surface area (Å²) in [5, 5.41) is 9.14. The standard InChI is InChI=1S/C24H21ClFN5O/c25-20-6-2-1-5-19(20)23-28-29-24(32-23)22(17-8-10-18(26)11-9-17)31-15-13-30(14-16-31)21-7-3-4-12-27-21/h1-12,22H,13-16H2/t22-/m0/s1. The highest BCUT2D eigenvalue weighted by Gasteiger charge is 2.31. The fourth-order valence-electron chi connectivity index (χ4n) is 3.99. The van der Waals surface area contributed by atoms with Crippen molar-refractivity contribution in [1.82, 2.24) is 20.1 Å². The Hall–Kier alpha value is -3.29. The summed E-state index contributed by atoms with van der Waals surface area (Å²) >= 11 is 6.31. The number of pyridine rings is 1. The summed E-state index contributed by atoms with van der Waals surface area (Å²) in [6.07, 6.45) is 1.80. The average Bonchev–Trinajstić information content (AvgIpc) is 3.31. The van der Waals surface area contributed by atoms with Crippen LogP contribution in [0.2, 0.25) is 5.02 Å². The van der Waals surface area contributed by atoms with E-state index in [0.717, 1.165) is 37.6 Å². The minimum absolute atomic E-state index is 0.283. The summed E-state index contributed by atoms with van der Waals surface area (Å²) in [6, 6.07) is 19.4. The Balaban J connectivity index is 1.44. The molecule has 1 aliphatic heterocycles. The van der Waals surface area contributed by atoms with E-state index in [1.165, 1.54) is 12.1 Å². The number of aromatic nitrogens is 3. The molecule has 1 saturated heterocycles. The largest absolute Gasteiger partial charge is 0.419 e. The lowest BCUT2D eigenvalue weighted by Gasteiger charge is -2.38. The first-order valence-electron chi connectivity index (χ1n) is 10.4. The zero-order valence-electron chi connectivity index (χ0n) is 17.2. The first kappa shape index (κ1) is 20.6. The third-order valence-corrected chi connectivity index (χ3v) is 5.95. The van der Waals surface area contributed by atoms with Crippen LogP contribution in [0.4, 0.5) is 10.2 Å². The van der Waals surface area contributed by atoms with Gasteiger partial charge in [0, 0.05) is 32.4 Å². The summed E-state index contributed by atoms with van der Waals surface area (Å²) in [6.45, 7) is 3.14. The molecule has 0 bridgehead atoms. The molecule has 3 heterocycles. The molecular weight excluding hydrogens is 429 g/mol. The van der Waals surface area contributed by atoms with E-state index in [2.05, 4.69) is 25.0 Å². The highest BCUT2D eigenvalue weighted by Crippen LogP contribution is 2.33. The summed E-state index contributed by atoms with van der Waals surface area (Å²) in [7, 11) is 0. The van der Waals surface area contributed by atoms with Crippen LogP contribution in [0, 0.1) is 5.82 Å². The molecule has 2 aromatic carbocycles. The number of hydrogen-bond acceptors (Lipinski definition) is 6. The second-order valence-electron chi connectivity index (χ2n) is 7.59. The Morgan fingerprint density at radius 3 is 2.34 bits per heavy atom. The monoisotopic (exact) mass is 449 g/mol. The maximum absolute atomic E-state index is 13.6. The number of rotatable bonds is 5. The third-order valence-electron chi connectivity index (χ3n) is 5.62. The van der Waals surface area contributed by atoms with Gasteiger partial charge in [-0.05, 0) is 42.0 Å². The van der Waals surface area contributed by atoms with Gasteiger partial charge < -0.3 is 9.32 Å². The lowest BCUT2D eigenvalue weighted by atomic mass is 10.0. The molecule has 0 unspecified atom stereocenters. The van der Waals surface area contributed by atoms with Crippen molar-refractivity contribution in [3.8, 4) is 11.5 Å². The second kappa shape index (κ2) is 9.06. The maximum Gasteiger partial charge on any atom is 0.249 e. The fourth-order valence-corrected chi connectivity index (χ4v) is 4.21. The molecule has 1 atom stereocenters. The smallest absolute Gasteiger partial charge is 0.249 e. The Morgan fingerprint density at radius 1 is 0.875 bits per heavy atom. The highest BCUT2D eigenvalue weighted by molar-refractivity contribution is 6.33. The summed E-state index contributed by atoms with van der Waals surface area (Å²) in [5.74, 6) is 1.50. The van der Waals surface area contributed by atoms with Crippen molar-refractivity contribution in [1.29, 1.82) is 0 Å². The fraction of sp³-hybridized carbons (Fsp3) is 0.208. The quantitative estimate of drug-likeness (QED) is 0.434. The van der Waals surface area contributed by atoms with Gasteiger partial charge in [-0.3, -0.25) is 4.90 Å². The van der Waals surface area contributed by atoms with Gasteiger partial charge in [-0.1, -0.05) is 41.9 Å². The van der Waals surface area contributed by atoms with Gasteiger partial charge in [0.25, 0.3) is 0 Å². The van der Waals surface area contributed by atoms with Crippen molar-refractivity contribution in [2.45, 2.75) is 6.04 Å². The van der Waals surface area contributed by atoms with Gasteiger partial charge in [0.1, 0.15) is 17.7 Å². The van der Waals surface area contributed by atoms with Crippen LogP contribution < -0.4 is 4.90 Å². The Kier molecular flexibility index (Phi) is 5.83. The lowest BCUT2D eigenvalue weighted by molar-refractivity contribution is 0.187. The molecule has 1 fully saturated rings. The molecule has 0 spiro atoms. The molecule has 5 rings (SSSR count). The number of anilines is 1. The summed E-state index contributed by atoms with van der Waals surface area (Å²) in [4.78, 5) is 8.98. The molecule has 162 valence electrons. The predicted octanol–water partition coefficient (Wildman–Crippen LogP) is 4.84. The van der Waals surface area contributed by atoms with Crippen molar-refractivity contribution >= 4 is 17.4 Å². The van der Waals surface area contributed by atoms with E-state index < -0.39 is 0 Å². The normalized spacial score (nSPS) is 15.6. The van der Waals surface area contributed by atoms with E-state index in [4.69, 9.17) is 16.0 Å². The number of benzene rings is 2. The van der Waals surface area contributed by atoms with Crippen molar-refractivity contribution in [2.24, 2.45) is 0 Å². The molecule has 2 aromatic heterocycles. The van der Waals surface area contributed by atoms with Crippen LogP contribution in [0.5, 0.6) is 0 Å². The number of piperazine rings is 1. The average molecular weight is 450 g/mol. The van der Waals surface area contributed by atoms with Crippen LogP contribution in [0.25, 0.3) is 11.5 Å². The van der Waals surface area contributed by atoms with Crippen LogP contribution in [-0.4, -0.2) is 46.3 Å². The predicted molar refractivity (Wildman–Crippen MR) is 121 cm³/mol. The summed E-state index contributed by atoms with van der Waals surface area (Å²) in [5.41, 5.74) is 1.58. The molecule has 0 aliphatic carbocycles. The molecule has 0 N–H and O–H groups in total. The number of hydrogen-bond donors (Lipinski definition) is 0.